The number of aryl methyl sites for hydroxylation is 2. The second-order valence-electron chi connectivity index (χ2n) is 5.52. The van der Waals surface area contributed by atoms with Crippen LogP contribution < -0.4 is 5.32 Å². The molecule has 0 spiro atoms. The van der Waals surface area contributed by atoms with Crippen LogP contribution in [0.4, 0.5) is 0 Å². The van der Waals surface area contributed by atoms with E-state index in [1.54, 1.807) is 0 Å². The molecule has 1 aliphatic rings. The first-order valence-corrected chi connectivity index (χ1v) is 6.72. The van der Waals surface area contributed by atoms with Crippen molar-refractivity contribution >= 4 is 11.8 Å². The van der Waals surface area contributed by atoms with Crippen molar-refractivity contribution in [2.24, 2.45) is 0 Å². The minimum atomic E-state index is -0.295. The van der Waals surface area contributed by atoms with Crippen LogP contribution in [-0.4, -0.2) is 16.8 Å². The molecule has 0 aromatic carbocycles. The predicted molar refractivity (Wildman–Crippen MR) is 72.9 cm³/mol. The van der Waals surface area contributed by atoms with Gasteiger partial charge in [0.25, 0.3) is 0 Å². The number of carbonyl (C=O) groups is 2. The molecule has 2 amide bonds. The molecule has 4 nitrogen and oxygen atoms in total. The summed E-state index contributed by atoms with van der Waals surface area (Å²) in [5.41, 5.74) is 4.18. The highest BCUT2D eigenvalue weighted by Gasteiger charge is 2.29. The van der Waals surface area contributed by atoms with Gasteiger partial charge in [0.1, 0.15) is 0 Å². The SMILES string of the molecule is Cc1cc(C2CCC(=O)NC2=O)nc(C)c1C(C)C. The molecule has 0 bridgehead atoms. The molecular formula is C15H20N2O2. The van der Waals surface area contributed by atoms with Crippen LogP contribution in [0.1, 0.15) is 61.0 Å². The lowest BCUT2D eigenvalue weighted by molar-refractivity contribution is -0.134. The van der Waals surface area contributed by atoms with Crippen molar-refractivity contribution in [2.45, 2.75) is 52.4 Å². The predicted octanol–water partition coefficient (Wildman–Crippen LogP) is 2.34. The van der Waals surface area contributed by atoms with E-state index < -0.39 is 0 Å². The number of aromatic nitrogens is 1. The third-order valence-corrected chi connectivity index (χ3v) is 3.65. The average Bonchev–Trinajstić information content (AvgIpc) is 2.26. The van der Waals surface area contributed by atoms with Gasteiger partial charge in [-0.25, -0.2) is 0 Å². The smallest absolute Gasteiger partial charge is 0.235 e. The third kappa shape index (κ3) is 2.67. The first-order chi connectivity index (χ1) is 8.90. The van der Waals surface area contributed by atoms with E-state index in [0.29, 0.717) is 18.8 Å². The number of amides is 2. The quantitative estimate of drug-likeness (QED) is 0.830. The van der Waals surface area contributed by atoms with Crippen LogP contribution >= 0.6 is 0 Å². The molecule has 4 heteroatoms. The lowest BCUT2D eigenvalue weighted by atomic mass is 9.90. The fourth-order valence-electron chi connectivity index (χ4n) is 2.90. The maximum atomic E-state index is 11.9. The summed E-state index contributed by atoms with van der Waals surface area (Å²) in [6, 6.07) is 1.99. The van der Waals surface area contributed by atoms with Gasteiger partial charge in [0.2, 0.25) is 11.8 Å². The summed E-state index contributed by atoms with van der Waals surface area (Å²) in [4.78, 5) is 27.6. The highest BCUT2D eigenvalue weighted by atomic mass is 16.2. The third-order valence-electron chi connectivity index (χ3n) is 3.65. The Hall–Kier alpha value is -1.71. The molecule has 19 heavy (non-hydrogen) atoms. The number of nitrogens with one attached hydrogen (secondary N) is 1. The zero-order chi connectivity index (χ0) is 14.2. The van der Waals surface area contributed by atoms with Crippen LogP contribution in [0.3, 0.4) is 0 Å². The van der Waals surface area contributed by atoms with Gasteiger partial charge in [-0.2, -0.15) is 0 Å². The van der Waals surface area contributed by atoms with E-state index in [1.807, 2.05) is 13.0 Å². The molecule has 1 aliphatic heterocycles. The molecule has 1 N–H and O–H groups in total. The fourth-order valence-corrected chi connectivity index (χ4v) is 2.90. The Kier molecular flexibility index (Phi) is 3.69. The van der Waals surface area contributed by atoms with Gasteiger partial charge in [-0.3, -0.25) is 19.9 Å². The van der Waals surface area contributed by atoms with Gasteiger partial charge in [0, 0.05) is 12.1 Å². The van der Waals surface area contributed by atoms with Crippen LogP contribution in [-0.2, 0) is 9.59 Å². The Labute approximate surface area is 113 Å². The van der Waals surface area contributed by atoms with Crippen LogP contribution in [0, 0.1) is 13.8 Å². The molecule has 1 atom stereocenters. The van der Waals surface area contributed by atoms with E-state index in [0.717, 1.165) is 11.4 Å². The van der Waals surface area contributed by atoms with Crippen LogP contribution in [0.25, 0.3) is 0 Å². The van der Waals surface area contributed by atoms with E-state index in [-0.39, 0.29) is 17.7 Å². The maximum Gasteiger partial charge on any atom is 0.235 e. The lowest BCUT2D eigenvalue weighted by Gasteiger charge is -2.22. The Bertz CT molecular complexity index is 512. The van der Waals surface area contributed by atoms with Crippen molar-refractivity contribution in [3.05, 3.63) is 28.6 Å². The molecule has 1 aromatic heterocycles. The Balaban J connectivity index is 2.37. The molecule has 1 unspecified atom stereocenters. The summed E-state index contributed by atoms with van der Waals surface area (Å²) in [6.45, 7) is 8.32. The number of carbonyl (C=O) groups excluding carboxylic acids is 2. The van der Waals surface area contributed by atoms with E-state index in [4.69, 9.17) is 0 Å². The van der Waals surface area contributed by atoms with E-state index in [1.165, 1.54) is 11.1 Å². The molecule has 0 saturated carbocycles. The first-order valence-electron chi connectivity index (χ1n) is 6.72. The second kappa shape index (κ2) is 5.11. The Morgan fingerprint density at radius 2 is 2.00 bits per heavy atom. The van der Waals surface area contributed by atoms with Gasteiger partial charge in [0.05, 0.1) is 11.6 Å². The number of hydrogen-bond acceptors (Lipinski definition) is 3. The van der Waals surface area contributed by atoms with Gasteiger partial charge in [0.15, 0.2) is 0 Å². The van der Waals surface area contributed by atoms with Gasteiger partial charge in [-0.15, -0.1) is 0 Å². The topological polar surface area (TPSA) is 59.1 Å². The van der Waals surface area contributed by atoms with Crippen molar-refractivity contribution in [1.82, 2.24) is 10.3 Å². The van der Waals surface area contributed by atoms with Crippen molar-refractivity contribution in [3.63, 3.8) is 0 Å². The number of rotatable bonds is 2. The fraction of sp³-hybridized carbons (Fsp3) is 0.533. The van der Waals surface area contributed by atoms with Gasteiger partial charge < -0.3 is 0 Å². The van der Waals surface area contributed by atoms with Crippen LogP contribution in [0.5, 0.6) is 0 Å². The van der Waals surface area contributed by atoms with Crippen molar-refractivity contribution < 1.29 is 9.59 Å². The maximum absolute atomic E-state index is 11.9. The molecule has 2 rings (SSSR count). The average molecular weight is 260 g/mol. The minimum Gasteiger partial charge on any atom is -0.296 e. The van der Waals surface area contributed by atoms with E-state index in [2.05, 4.69) is 31.1 Å². The largest absolute Gasteiger partial charge is 0.296 e. The van der Waals surface area contributed by atoms with Gasteiger partial charge in [-0.05, 0) is 43.4 Å². The number of nitrogens with zero attached hydrogens (tertiary/aromatic N) is 1. The molecule has 0 radical (unpaired) electrons. The monoisotopic (exact) mass is 260 g/mol. The first kappa shape index (κ1) is 13.7. The zero-order valence-electron chi connectivity index (χ0n) is 11.9. The summed E-state index contributed by atoms with van der Waals surface area (Å²) in [5, 5.41) is 2.39. The summed E-state index contributed by atoms with van der Waals surface area (Å²) in [6.07, 6.45) is 0.944. The van der Waals surface area contributed by atoms with Crippen molar-refractivity contribution in [2.75, 3.05) is 0 Å². The Morgan fingerprint density at radius 1 is 1.32 bits per heavy atom. The van der Waals surface area contributed by atoms with Crippen LogP contribution in [0.2, 0.25) is 0 Å². The molecule has 1 saturated heterocycles. The summed E-state index contributed by atoms with van der Waals surface area (Å²) < 4.78 is 0. The van der Waals surface area contributed by atoms with Gasteiger partial charge >= 0.3 is 0 Å². The number of hydrogen-bond donors (Lipinski definition) is 1. The molecular weight excluding hydrogens is 240 g/mol. The highest BCUT2D eigenvalue weighted by Crippen LogP contribution is 2.28. The van der Waals surface area contributed by atoms with Crippen molar-refractivity contribution in [1.29, 1.82) is 0 Å². The zero-order valence-corrected chi connectivity index (χ0v) is 11.9. The summed E-state index contributed by atoms with van der Waals surface area (Å²) >= 11 is 0. The summed E-state index contributed by atoms with van der Waals surface area (Å²) in [7, 11) is 0. The lowest BCUT2D eigenvalue weighted by Crippen LogP contribution is -2.39. The molecule has 2 heterocycles. The minimum absolute atomic E-state index is 0.187. The molecule has 0 aliphatic carbocycles. The number of pyridine rings is 1. The standard InChI is InChI=1S/C15H20N2O2/c1-8(2)14-9(3)7-12(16-10(14)4)11-5-6-13(18)17-15(11)19/h7-8,11H,5-6H2,1-4H3,(H,17,18,19). The number of imide groups is 1. The van der Waals surface area contributed by atoms with Crippen LogP contribution in [0.15, 0.2) is 6.07 Å². The highest BCUT2D eigenvalue weighted by molar-refractivity contribution is 6.00. The van der Waals surface area contributed by atoms with Gasteiger partial charge in [-0.1, -0.05) is 13.8 Å². The normalized spacial score (nSPS) is 19.7. The van der Waals surface area contributed by atoms with E-state index in [9.17, 15) is 9.59 Å². The molecule has 102 valence electrons. The molecule has 1 fully saturated rings. The summed E-state index contributed by atoms with van der Waals surface area (Å²) in [5.74, 6) is -0.284. The van der Waals surface area contributed by atoms with Crippen molar-refractivity contribution in [3.8, 4) is 0 Å². The number of piperidine rings is 1. The Morgan fingerprint density at radius 3 is 2.53 bits per heavy atom. The van der Waals surface area contributed by atoms with E-state index >= 15 is 0 Å². The second-order valence-corrected chi connectivity index (χ2v) is 5.52. The molecule has 1 aromatic rings.